The van der Waals surface area contributed by atoms with E-state index in [0.29, 0.717) is 0 Å². The Balaban J connectivity index is 2.39. The van der Waals surface area contributed by atoms with Crippen LogP contribution in [0.5, 0.6) is 0 Å². The van der Waals surface area contributed by atoms with Gasteiger partial charge in [-0.2, -0.15) is 0 Å². The van der Waals surface area contributed by atoms with E-state index in [1.807, 2.05) is 0 Å². The molecule has 0 unspecified atom stereocenters. The first-order valence-electron chi connectivity index (χ1n) is 6.34. The quantitative estimate of drug-likeness (QED) is 0.722. The summed E-state index contributed by atoms with van der Waals surface area (Å²) in [5.41, 5.74) is 7.22. The molecular formula is C17H20. The number of hydrogen-bond acceptors (Lipinski definition) is 0. The van der Waals surface area contributed by atoms with E-state index in [4.69, 9.17) is 0 Å². The van der Waals surface area contributed by atoms with Crippen molar-refractivity contribution in [2.75, 3.05) is 0 Å². The molecule has 0 fully saturated rings. The van der Waals surface area contributed by atoms with Gasteiger partial charge < -0.3 is 0 Å². The van der Waals surface area contributed by atoms with Gasteiger partial charge in [-0.15, -0.1) is 0 Å². The Morgan fingerprint density at radius 2 is 1.41 bits per heavy atom. The van der Waals surface area contributed by atoms with Crippen LogP contribution in [-0.2, 0) is 12.8 Å². The lowest BCUT2D eigenvalue weighted by atomic mass is 9.92. The summed E-state index contributed by atoms with van der Waals surface area (Å²) in [6.07, 6.45) is 2.17. The first-order valence-corrected chi connectivity index (χ1v) is 6.34. The topological polar surface area (TPSA) is 0 Å². The SMILES string of the molecule is CCc1cccc(C)c1Cc1ccccc1C. The highest BCUT2D eigenvalue weighted by Crippen LogP contribution is 2.20. The lowest BCUT2D eigenvalue weighted by Crippen LogP contribution is -1.99. The molecule has 0 aromatic heterocycles. The highest BCUT2D eigenvalue weighted by Gasteiger charge is 2.06. The minimum absolute atomic E-state index is 1.06. The summed E-state index contributed by atoms with van der Waals surface area (Å²) >= 11 is 0. The van der Waals surface area contributed by atoms with Gasteiger partial charge in [0.2, 0.25) is 0 Å². The molecule has 0 atom stereocenters. The van der Waals surface area contributed by atoms with Crippen molar-refractivity contribution in [1.82, 2.24) is 0 Å². The fraction of sp³-hybridized carbons (Fsp3) is 0.294. The average Bonchev–Trinajstić information content (AvgIpc) is 2.34. The minimum Gasteiger partial charge on any atom is -0.0620 e. The van der Waals surface area contributed by atoms with Crippen LogP contribution in [-0.4, -0.2) is 0 Å². The third-order valence-corrected chi connectivity index (χ3v) is 3.52. The molecule has 0 bridgehead atoms. The molecule has 2 rings (SSSR count). The predicted molar refractivity (Wildman–Crippen MR) is 74.5 cm³/mol. The van der Waals surface area contributed by atoms with Gasteiger partial charge in [0.05, 0.1) is 0 Å². The van der Waals surface area contributed by atoms with Gasteiger partial charge in [-0.1, -0.05) is 49.4 Å². The van der Waals surface area contributed by atoms with Crippen LogP contribution < -0.4 is 0 Å². The molecule has 0 aliphatic carbocycles. The molecule has 17 heavy (non-hydrogen) atoms. The number of aryl methyl sites for hydroxylation is 3. The summed E-state index contributed by atoms with van der Waals surface area (Å²) in [5.74, 6) is 0. The second-order valence-corrected chi connectivity index (χ2v) is 4.67. The molecule has 0 heteroatoms. The van der Waals surface area contributed by atoms with Gasteiger partial charge in [-0.05, 0) is 54.5 Å². The van der Waals surface area contributed by atoms with Crippen LogP contribution >= 0.6 is 0 Å². The highest BCUT2D eigenvalue weighted by molar-refractivity contribution is 5.40. The van der Waals surface area contributed by atoms with E-state index in [1.54, 1.807) is 0 Å². The molecule has 0 spiro atoms. The third kappa shape index (κ3) is 2.58. The zero-order chi connectivity index (χ0) is 12.3. The van der Waals surface area contributed by atoms with Gasteiger partial charge in [-0.25, -0.2) is 0 Å². The summed E-state index contributed by atoms with van der Waals surface area (Å²) in [4.78, 5) is 0. The zero-order valence-corrected chi connectivity index (χ0v) is 11.0. The molecule has 88 valence electrons. The lowest BCUT2D eigenvalue weighted by molar-refractivity contribution is 1.03. The molecule has 0 aliphatic rings. The van der Waals surface area contributed by atoms with E-state index in [0.717, 1.165) is 12.8 Å². The zero-order valence-electron chi connectivity index (χ0n) is 11.0. The van der Waals surface area contributed by atoms with Crippen LogP contribution in [0.1, 0.15) is 34.7 Å². The second-order valence-electron chi connectivity index (χ2n) is 4.67. The molecular weight excluding hydrogens is 204 g/mol. The van der Waals surface area contributed by atoms with E-state index in [9.17, 15) is 0 Å². The van der Waals surface area contributed by atoms with E-state index in [1.165, 1.54) is 27.8 Å². The molecule has 0 radical (unpaired) electrons. The van der Waals surface area contributed by atoms with Crippen molar-refractivity contribution in [3.8, 4) is 0 Å². The number of hydrogen-bond donors (Lipinski definition) is 0. The van der Waals surface area contributed by atoms with Crippen LogP contribution in [0.15, 0.2) is 42.5 Å². The van der Waals surface area contributed by atoms with Crippen molar-refractivity contribution >= 4 is 0 Å². The Morgan fingerprint density at radius 1 is 0.765 bits per heavy atom. The summed E-state index contributed by atoms with van der Waals surface area (Å²) in [6.45, 7) is 6.64. The molecule has 2 aromatic rings. The van der Waals surface area contributed by atoms with Crippen molar-refractivity contribution in [2.24, 2.45) is 0 Å². The van der Waals surface area contributed by atoms with E-state index in [-0.39, 0.29) is 0 Å². The largest absolute Gasteiger partial charge is 0.0620 e. The molecule has 0 nitrogen and oxygen atoms in total. The average molecular weight is 224 g/mol. The first-order chi connectivity index (χ1) is 8.22. The normalized spacial score (nSPS) is 10.5. The lowest BCUT2D eigenvalue weighted by Gasteiger charge is -2.13. The summed E-state index contributed by atoms with van der Waals surface area (Å²) in [6, 6.07) is 15.3. The minimum atomic E-state index is 1.06. The third-order valence-electron chi connectivity index (χ3n) is 3.52. The summed E-state index contributed by atoms with van der Waals surface area (Å²) in [5, 5.41) is 0. The Morgan fingerprint density at radius 3 is 2.12 bits per heavy atom. The predicted octanol–water partition coefficient (Wildman–Crippen LogP) is 4.46. The highest BCUT2D eigenvalue weighted by atomic mass is 14.1. The van der Waals surface area contributed by atoms with Crippen LogP contribution in [0.4, 0.5) is 0 Å². The van der Waals surface area contributed by atoms with Gasteiger partial charge >= 0.3 is 0 Å². The van der Waals surface area contributed by atoms with Gasteiger partial charge in [0, 0.05) is 0 Å². The smallest absolute Gasteiger partial charge is 0.00178 e. The Hall–Kier alpha value is -1.56. The van der Waals surface area contributed by atoms with Crippen molar-refractivity contribution in [3.05, 3.63) is 70.3 Å². The van der Waals surface area contributed by atoms with Gasteiger partial charge in [0.15, 0.2) is 0 Å². The fourth-order valence-corrected chi connectivity index (χ4v) is 2.35. The van der Waals surface area contributed by atoms with Crippen molar-refractivity contribution in [2.45, 2.75) is 33.6 Å². The van der Waals surface area contributed by atoms with Crippen molar-refractivity contribution < 1.29 is 0 Å². The molecule has 2 aromatic carbocycles. The molecule has 0 N–H and O–H groups in total. The van der Waals surface area contributed by atoms with Gasteiger partial charge in [0.1, 0.15) is 0 Å². The van der Waals surface area contributed by atoms with Crippen molar-refractivity contribution in [1.29, 1.82) is 0 Å². The van der Waals surface area contributed by atoms with Crippen molar-refractivity contribution in [3.63, 3.8) is 0 Å². The fourth-order valence-electron chi connectivity index (χ4n) is 2.35. The van der Waals surface area contributed by atoms with Crippen LogP contribution in [0, 0.1) is 13.8 Å². The molecule has 0 heterocycles. The van der Waals surface area contributed by atoms with Crippen LogP contribution in [0.2, 0.25) is 0 Å². The standard InChI is InChI=1S/C17H20/c1-4-15-11-7-9-14(3)17(15)12-16-10-6-5-8-13(16)2/h5-11H,4,12H2,1-3H3. The molecule has 0 amide bonds. The van der Waals surface area contributed by atoms with Crippen LogP contribution in [0.25, 0.3) is 0 Å². The maximum Gasteiger partial charge on any atom is -0.00178 e. The van der Waals surface area contributed by atoms with Gasteiger partial charge in [0.25, 0.3) is 0 Å². The Kier molecular flexibility index (Phi) is 3.63. The molecule has 0 saturated heterocycles. The number of benzene rings is 2. The summed E-state index contributed by atoms with van der Waals surface area (Å²) in [7, 11) is 0. The molecule has 0 aliphatic heterocycles. The van der Waals surface area contributed by atoms with Crippen LogP contribution in [0.3, 0.4) is 0 Å². The monoisotopic (exact) mass is 224 g/mol. The Bertz CT molecular complexity index is 509. The maximum absolute atomic E-state index is 2.25. The molecule has 0 saturated carbocycles. The Labute approximate surface area is 104 Å². The first kappa shape index (κ1) is 11.9. The van der Waals surface area contributed by atoms with E-state index in [2.05, 4.69) is 63.2 Å². The van der Waals surface area contributed by atoms with Gasteiger partial charge in [-0.3, -0.25) is 0 Å². The summed E-state index contributed by atoms with van der Waals surface area (Å²) < 4.78 is 0. The van der Waals surface area contributed by atoms with E-state index < -0.39 is 0 Å². The van der Waals surface area contributed by atoms with E-state index >= 15 is 0 Å². The maximum atomic E-state index is 2.25. The second kappa shape index (κ2) is 5.18. The number of rotatable bonds is 3.